The van der Waals surface area contributed by atoms with E-state index in [-0.39, 0.29) is 5.71 Å². The van der Waals surface area contributed by atoms with Gasteiger partial charge in [-0.2, -0.15) is 18.4 Å². The second-order valence-corrected chi connectivity index (χ2v) is 2.51. The van der Waals surface area contributed by atoms with Crippen LogP contribution in [0.15, 0.2) is 28.9 Å². The topological polar surface area (TPSA) is 36.1 Å². The van der Waals surface area contributed by atoms with Gasteiger partial charge in [0.1, 0.15) is 0 Å². The maximum absolute atomic E-state index is 12.4. The molecule has 0 fully saturated rings. The van der Waals surface area contributed by atoms with Crippen molar-refractivity contribution in [2.45, 2.75) is 20.0 Å². The Bertz CT molecular complexity index is 329. The lowest BCUT2D eigenvalue weighted by Gasteiger charge is -2.11. The summed E-state index contributed by atoms with van der Waals surface area (Å²) < 4.78 is 37.2. The fraction of sp³-hybridized carbons (Fsp3) is 0.333. The summed E-state index contributed by atoms with van der Waals surface area (Å²) in [6.45, 7) is 5.48. The molecule has 0 aromatic rings. The van der Waals surface area contributed by atoms with Crippen LogP contribution in [0.1, 0.15) is 13.8 Å². The van der Waals surface area contributed by atoms with E-state index in [1.807, 2.05) is 0 Å². The summed E-state index contributed by atoms with van der Waals surface area (Å²) in [4.78, 5) is 3.41. The zero-order chi connectivity index (χ0) is 11.4. The van der Waals surface area contributed by atoms with Crippen LogP contribution < -0.4 is 0 Å². The predicted octanol–water partition coefficient (Wildman–Crippen LogP) is 2.99. The van der Waals surface area contributed by atoms with Crippen LogP contribution in [0.2, 0.25) is 0 Å². The summed E-state index contributed by atoms with van der Waals surface area (Å²) in [5, 5.41) is 8.40. The third kappa shape index (κ3) is 3.05. The summed E-state index contributed by atoms with van der Waals surface area (Å²) in [7, 11) is 0. The van der Waals surface area contributed by atoms with E-state index in [1.165, 1.54) is 13.0 Å². The van der Waals surface area contributed by atoms with Gasteiger partial charge >= 0.3 is 6.18 Å². The lowest BCUT2D eigenvalue weighted by Crippen LogP contribution is -2.19. The number of aliphatic imine (C=N–C) groups is 1. The van der Waals surface area contributed by atoms with E-state index in [0.717, 1.165) is 13.1 Å². The molecule has 0 amide bonds. The monoisotopic (exact) mass is 202 g/mol. The number of alkyl halides is 3. The van der Waals surface area contributed by atoms with Crippen LogP contribution in [0.3, 0.4) is 0 Å². The largest absolute Gasteiger partial charge is 0.419 e. The number of nitriles is 1. The quantitative estimate of drug-likeness (QED) is 0.500. The summed E-state index contributed by atoms with van der Waals surface area (Å²) in [6, 6.07) is 1.46. The van der Waals surface area contributed by atoms with Gasteiger partial charge < -0.3 is 0 Å². The molecule has 0 saturated heterocycles. The van der Waals surface area contributed by atoms with Gasteiger partial charge in [-0.25, -0.2) is 0 Å². The molecule has 0 aliphatic carbocycles. The molecule has 0 radical (unpaired) electrons. The van der Waals surface area contributed by atoms with Gasteiger partial charge in [0, 0.05) is 11.8 Å². The zero-order valence-electron chi connectivity index (χ0n) is 7.81. The predicted molar refractivity (Wildman–Crippen MR) is 47.7 cm³/mol. The molecule has 0 aliphatic heterocycles. The normalized spacial score (nSPS) is 14.4. The van der Waals surface area contributed by atoms with Gasteiger partial charge in [0.05, 0.1) is 17.4 Å². The van der Waals surface area contributed by atoms with Gasteiger partial charge in [0.2, 0.25) is 0 Å². The molecule has 0 unspecified atom stereocenters. The zero-order valence-corrected chi connectivity index (χ0v) is 7.81. The Hall–Kier alpha value is -1.57. The van der Waals surface area contributed by atoms with E-state index in [4.69, 9.17) is 5.26 Å². The summed E-state index contributed by atoms with van der Waals surface area (Å²) in [5.41, 5.74) is -1.66. The number of rotatable bonds is 2. The highest BCUT2D eigenvalue weighted by Gasteiger charge is 2.37. The van der Waals surface area contributed by atoms with Gasteiger partial charge in [-0.15, -0.1) is 0 Å². The molecule has 0 spiro atoms. The standard InChI is InChI=1S/C9H9F3N2/c1-4-14-7(3)8(6(2)5-13)9(10,11)12/h4H,1H2,2-3H3/b8-6-,14-7?. The molecule has 0 aromatic carbocycles. The van der Waals surface area contributed by atoms with Crippen LogP contribution in [0.25, 0.3) is 0 Å². The minimum Gasteiger partial charge on any atom is -0.262 e. The van der Waals surface area contributed by atoms with Crippen LogP contribution in [-0.4, -0.2) is 11.9 Å². The third-order valence-corrected chi connectivity index (χ3v) is 1.47. The number of hydrogen-bond donors (Lipinski definition) is 0. The highest BCUT2D eigenvalue weighted by molar-refractivity contribution is 6.00. The summed E-state index contributed by atoms with van der Waals surface area (Å²) >= 11 is 0. The Balaban J connectivity index is 5.50. The fourth-order valence-electron chi connectivity index (χ4n) is 0.946. The van der Waals surface area contributed by atoms with Gasteiger partial charge in [0.25, 0.3) is 0 Å². The van der Waals surface area contributed by atoms with Crippen molar-refractivity contribution in [3.8, 4) is 6.07 Å². The second kappa shape index (κ2) is 4.61. The lowest BCUT2D eigenvalue weighted by molar-refractivity contribution is -0.0866. The first-order chi connectivity index (χ1) is 6.34. The Labute approximate surface area is 80.1 Å². The van der Waals surface area contributed by atoms with Crippen molar-refractivity contribution < 1.29 is 13.2 Å². The van der Waals surface area contributed by atoms with Crippen LogP contribution in [0.4, 0.5) is 13.2 Å². The van der Waals surface area contributed by atoms with Crippen molar-refractivity contribution in [2.24, 2.45) is 4.99 Å². The van der Waals surface area contributed by atoms with Gasteiger partial charge in [-0.1, -0.05) is 6.58 Å². The lowest BCUT2D eigenvalue weighted by atomic mass is 10.1. The SMILES string of the molecule is C=CN=C(C)/C(=C(\C)C#N)C(F)(F)F. The van der Waals surface area contributed by atoms with E-state index >= 15 is 0 Å². The third-order valence-electron chi connectivity index (χ3n) is 1.47. The average molecular weight is 202 g/mol. The summed E-state index contributed by atoms with van der Waals surface area (Å²) in [6.07, 6.45) is -3.55. The van der Waals surface area contributed by atoms with E-state index < -0.39 is 17.3 Å². The van der Waals surface area contributed by atoms with Crippen LogP contribution in [0, 0.1) is 11.3 Å². The molecule has 0 saturated carbocycles. The van der Waals surface area contributed by atoms with Gasteiger partial charge in [-0.05, 0) is 13.8 Å². The maximum atomic E-state index is 12.4. The smallest absolute Gasteiger partial charge is 0.262 e. The van der Waals surface area contributed by atoms with E-state index in [1.54, 1.807) is 0 Å². The molecule has 2 nitrogen and oxygen atoms in total. The number of halogens is 3. The van der Waals surface area contributed by atoms with Gasteiger partial charge in [-0.3, -0.25) is 4.99 Å². The molecular weight excluding hydrogens is 193 g/mol. The molecular formula is C9H9F3N2. The first-order valence-electron chi connectivity index (χ1n) is 3.68. The molecule has 0 bridgehead atoms. The first kappa shape index (κ1) is 12.4. The molecule has 76 valence electrons. The molecule has 14 heavy (non-hydrogen) atoms. The van der Waals surface area contributed by atoms with E-state index in [0.29, 0.717) is 0 Å². The van der Waals surface area contributed by atoms with Crippen molar-refractivity contribution in [2.75, 3.05) is 0 Å². The van der Waals surface area contributed by atoms with Crippen molar-refractivity contribution in [3.63, 3.8) is 0 Å². The molecule has 0 aliphatic rings. The van der Waals surface area contributed by atoms with E-state index in [2.05, 4.69) is 11.6 Å². The van der Waals surface area contributed by atoms with Gasteiger partial charge in [0.15, 0.2) is 0 Å². The number of hydrogen-bond acceptors (Lipinski definition) is 2. The molecule has 0 aromatic heterocycles. The van der Waals surface area contributed by atoms with Crippen LogP contribution in [0.5, 0.6) is 0 Å². The number of nitrogens with zero attached hydrogens (tertiary/aromatic N) is 2. The fourth-order valence-corrected chi connectivity index (χ4v) is 0.946. The molecule has 0 heterocycles. The Morgan fingerprint density at radius 3 is 2.21 bits per heavy atom. The maximum Gasteiger partial charge on any atom is 0.419 e. The van der Waals surface area contributed by atoms with Crippen molar-refractivity contribution >= 4 is 5.71 Å². The Morgan fingerprint density at radius 2 is 1.93 bits per heavy atom. The minimum absolute atomic E-state index is 0.258. The average Bonchev–Trinajstić information content (AvgIpc) is 2.02. The molecule has 0 atom stereocenters. The second-order valence-electron chi connectivity index (χ2n) is 2.51. The molecule has 0 N–H and O–H groups in total. The molecule has 5 heteroatoms. The number of allylic oxidation sites excluding steroid dienone is 2. The van der Waals surface area contributed by atoms with Crippen molar-refractivity contribution in [1.82, 2.24) is 0 Å². The highest BCUT2D eigenvalue weighted by atomic mass is 19.4. The minimum atomic E-state index is -4.56. The van der Waals surface area contributed by atoms with Crippen LogP contribution in [-0.2, 0) is 0 Å². The highest BCUT2D eigenvalue weighted by Crippen LogP contribution is 2.29. The first-order valence-corrected chi connectivity index (χ1v) is 3.68. The van der Waals surface area contributed by atoms with Crippen LogP contribution >= 0.6 is 0 Å². The summed E-state index contributed by atoms with van der Waals surface area (Å²) in [5.74, 6) is 0. The Kier molecular flexibility index (Phi) is 4.09. The molecule has 0 rings (SSSR count). The Morgan fingerprint density at radius 1 is 1.43 bits per heavy atom. The van der Waals surface area contributed by atoms with Crippen molar-refractivity contribution in [1.29, 1.82) is 5.26 Å². The van der Waals surface area contributed by atoms with E-state index in [9.17, 15) is 13.2 Å². The van der Waals surface area contributed by atoms with Crippen molar-refractivity contribution in [3.05, 3.63) is 23.9 Å².